The Balaban J connectivity index is 2.19. The first-order valence-corrected chi connectivity index (χ1v) is 6.57. The van der Waals surface area contributed by atoms with Crippen LogP contribution in [0.3, 0.4) is 0 Å². The van der Waals surface area contributed by atoms with Gasteiger partial charge in [0.1, 0.15) is 11.4 Å². The summed E-state index contributed by atoms with van der Waals surface area (Å²) in [6.45, 7) is 4.85. The molecule has 1 aliphatic heterocycles. The Hall–Kier alpha value is -1.98. The maximum absolute atomic E-state index is 13.7. The fourth-order valence-electron chi connectivity index (χ4n) is 2.04. The molecule has 21 heavy (non-hydrogen) atoms. The van der Waals surface area contributed by atoms with E-state index in [-0.39, 0.29) is 24.9 Å². The van der Waals surface area contributed by atoms with Crippen LogP contribution in [0.5, 0.6) is 0 Å². The average molecular weight is 297 g/mol. The van der Waals surface area contributed by atoms with E-state index in [0.717, 1.165) is 6.07 Å². The minimum Gasteiger partial charge on any atom is -0.456 e. The molecule has 0 atom stereocenters. The lowest BCUT2D eigenvalue weighted by molar-refractivity contribution is -0.119. The molecule has 1 fully saturated rings. The maximum Gasteiger partial charge on any atom is 0.341 e. The number of benzene rings is 1. The molecular formula is C15H17F2NO3. The normalized spacial score (nSPS) is 17.1. The maximum atomic E-state index is 13.7. The van der Waals surface area contributed by atoms with Gasteiger partial charge in [0.05, 0.1) is 18.7 Å². The molecule has 114 valence electrons. The Morgan fingerprint density at radius 2 is 2.00 bits per heavy atom. The highest BCUT2D eigenvalue weighted by Gasteiger charge is 2.43. The summed E-state index contributed by atoms with van der Waals surface area (Å²) >= 11 is 0. The number of ether oxygens (including phenoxy) is 1. The topological polar surface area (TPSA) is 46.6 Å². The van der Waals surface area contributed by atoms with E-state index in [4.69, 9.17) is 4.74 Å². The number of carbonyl (C=O) groups excluding carboxylic acids is 2. The zero-order chi connectivity index (χ0) is 15.8. The minimum atomic E-state index is -1.86. The number of hydrogen-bond donors (Lipinski definition) is 0. The molecule has 1 heterocycles. The van der Waals surface area contributed by atoms with E-state index in [0.29, 0.717) is 5.69 Å². The van der Waals surface area contributed by atoms with Crippen molar-refractivity contribution in [2.24, 2.45) is 0 Å². The van der Waals surface area contributed by atoms with Gasteiger partial charge in [-0.15, -0.1) is 0 Å². The van der Waals surface area contributed by atoms with Crippen molar-refractivity contribution in [3.63, 3.8) is 0 Å². The summed E-state index contributed by atoms with van der Waals surface area (Å²) in [5.41, 5.74) is -2.32. The second-order valence-electron chi connectivity index (χ2n) is 6.17. The third kappa shape index (κ3) is 3.37. The molecule has 0 bridgehead atoms. The summed E-state index contributed by atoms with van der Waals surface area (Å²) < 4.78 is 32.4. The lowest BCUT2D eigenvalue weighted by Gasteiger charge is -2.42. The largest absolute Gasteiger partial charge is 0.456 e. The summed E-state index contributed by atoms with van der Waals surface area (Å²) in [7, 11) is 0. The van der Waals surface area contributed by atoms with Crippen LogP contribution in [0.4, 0.5) is 14.5 Å². The smallest absolute Gasteiger partial charge is 0.341 e. The van der Waals surface area contributed by atoms with E-state index < -0.39 is 23.1 Å². The Kier molecular flexibility index (Phi) is 3.74. The van der Waals surface area contributed by atoms with Gasteiger partial charge in [0.25, 0.3) is 0 Å². The Bertz CT molecular complexity index is 575. The number of aldehydes is 1. The molecule has 0 saturated carbocycles. The Morgan fingerprint density at radius 3 is 2.52 bits per heavy atom. The fourth-order valence-corrected chi connectivity index (χ4v) is 2.04. The van der Waals surface area contributed by atoms with Crippen LogP contribution < -0.4 is 4.90 Å². The number of esters is 1. The van der Waals surface area contributed by atoms with Crippen molar-refractivity contribution in [1.29, 1.82) is 0 Å². The predicted octanol–water partition coefficient (Wildman–Crippen LogP) is 2.51. The first-order chi connectivity index (χ1) is 9.63. The number of hydrogen-bond acceptors (Lipinski definition) is 4. The summed E-state index contributed by atoms with van der Waals surface area (Å²) in [6, 6.07) is 3.88. The Morgan fingerprint density at radius 1 is 1.38 bits per heavy atom. The molecule has 1 aromatic carbocycles. The quantitative estimate of drug-likeness (QED) is 0.635. The van der Waals surface area contributed by atoms with E-state index in [9.17, 15) is 18.4 Å². The highest BCUT2D eigenvalue weighted by Crippen LogP contribution is 2.30. The van der Waals surface area contributed by atoms with Crippen molar-refractivity contribution < 1.29 is 23.1 Å². The summed E-state index contributed by atoms with van der Waals surface area (Å²) in [4.78, 5) is 24.0. The van der Waals surface area contributed by atoms with Crippen LogP contribution in [0.1, 0.15) is 31.1 Å². The fraction of sp³-hybridized carbons (Fsp3) is 0.467. The minimum absolute atomic E-state index is 0.101. The molecule has 0 amide bonds. The molecule has 1 aromatic rings. The van der Waals surface area contributed by atoms with Gasteiger partial charge in [0.2, 0.25) is 0 Å². The van der Waals surface area contributed by atoms with E-state index in [1.807, 2.05) is 0 Å². The highest BCUT2D eigenvalue weighted by molar-refractivity contribution is 5.91. The number of alkyl halides is 1. The Labute approximate surface area is 121 Å². The molecule has 6 heteroatoms. The van der Waals surface area contributed by atoms with E-state index >= 15 is 0 Å². The van der Waals surface area contributed by atoms with Gasteiger partial charge in [0, 0.05) is 5.69 Å². The van der Waals surface area contributed by atoms with Crippen molar-refractivity contribution in [2.75, 3.05) is 18.0 Å². The van der Waals surface area contributed by atoms with Crippen LogP contribution in [-0.2, 0) is 9.53 Å². The van der Waals surface area contributed by atoms with Crippen LogP contribution >= 0.6 is 0 Å². The summed E-state index contributed by atoms with van der Waals surface area (Å²) in [5, 5.41) is 0. The van der Waals surface area contributed by atoms with Crippen molar-refractivity contribution >= 4 is 17.9 Å². The molecule has 2 rings (SSSR count). The van der Waals surface area contributed by atoms with Crippen LogP contribution in [0, 0.1) is 5.82 Å². The van der Waals surface area contributed by atoms with Crippen molar-refractivity contribution in [2.45, 2.75) is 32.0 Å². The standard InChI is InChI=1S/C15H17F2NO3/c1-14(2,3)21-13(20)11-6-10(4-5-12(11)16)18-7-15(17,8-18)9-19/h4-6,9H,7-8H2,1-3H3. The molecule has 4 nitrogen and oxygen atoms in total. The zero-order valence-corrected chi connectivity index (χ0v) is 12.2. The van der Waals surface area contributed by atoms with Crippen LogP contribution in [0.25, 0.3) is 0 Å². The van der Waals surface area contributed by atoms with Crippen molar-refractivity contribution in [3.8, 4) is 0 Å². The average Bonchev–Trinajstić information content (AvgIpc) is 2.33. The van der Waals surface area contributed by atoms with Crippen LogP contribution in [-0.4, -0.2) is 36.6 Å². The van der Waals surface area contributed by atoms with E-state index in [1.165, 1.54) is 12.1 Å². The van der Waals surface area contributed by atoms with Crippen LogP contribution in [0.15, 0.2) is 18.2 Å². The molecule has 1 saturated heterocycles. The molecule has 0 spiro atoms. The molecule has 0 N–H and O–H groups in total. The number of halogens is 2. The van der Waals surface area contributed by atoms with Gasteiger partial charge in [-0.1, -0.05) is 0 Å². The van der Waals surface area contributed by atoms with E-state index in [1.54, 1.807) is 25.7 Å². The van der Waals surface area contributed by atoms with Gasteiger partial charge in [-0.3, -0.25) is 4.79 Å². The first kappa shape index (κ1) is 15.4. The second-order valence-corrected chi connectivity index (χ2v) is 6.17. The monoisotopic (exact) mass is 297 g/mol. The third-order valence-electron chi connectivity index (χ3n) is 3.05. The highest BCUT2D eigenvalue weighted by atomic mass is 19.1. The lowest BCUT2D eigenvalue weighted by atomic mass is 9.97. The number of rotatable bonds is 3. The first-order valence-electron chi connectivity index (χ1n) is 6.57. The SMILES string of the molecule is CC(C)(C)OC(=O)c1cc(N2CC(F)(C=O)C2)ccc1F. The number of anilines is 1. The molecule has 0 aliphatic carbocycles. The number of nitrogens with zero attached hydrogens (tertiary/aromatic N) is 1. The number of carbonyl (C=O) groups is 2. The molecular weight excluding hydrogens is 280 g/mol. The second kappa shape index (κ2) is 5.09. The molecule has 0 radical (unpaired) electrons. The lowest BCUT2D eigenvalue weighted by Crippen LogP contribution is -2.60. The third-order valence-corrected chi connectivity index (χ3v) is 3.05. The molecule has 0 aromatic heterocycles. The van der Waals surface area contributed by atoms with Gasteiger partial charge >= 0.3 is 5.97 Å². The van der Waals surface area contributed by atoms with Crippen LogP contribution in [0.2, 0.25) is 0 Å². The zero-order valence-electron chi connectivity index (χ0n) is 12.2. The predicted molar refractivity (Wildman–Crippen MR) is 73.7 cm³/mol. The van der Waals surface area contributed by atoms with Crippen molar-refractivity contribution in [1.82, 2.24) is 0 Å². The van der Waals surface area contributed by atoms with Gasteiger partial charge in [0.15, 0.2) is 12.0 Å². The van der Waals surface area contributed by atoms with E-state index in [2.05, 4.69) is 0 Å². The van der Waals surface area contributed by atoms with Crippen molar-refractivity contribution in [3.05, 3.63) is 29.6 Å². The molecule has 0 unspecified atom stereocenters. The summed E-state index contributed by atoms with van der Waals surface area (Å²) in [6.07, 6.45) is 0.266. The van der Waals surface area contributed by atoms with Gasteiger partial charge in [-0.25, -0.2) is 13.6 Å². The summed E-state index contributed by atoms with van der Waals surface area (Å²) in [5.74, 6) is -1.47. The van der Waals surface area contributed by atoms with Gasteiger partial charge < -0.3 is 9.64 Å². The molecule has 1 aliphatic rings. The van der Waals surface area contributed by atoms with Gasteiger partial charge in [-0.2, -0.15) is 0 Å². The van der Waals surface area contributed by atoms with Gasteiger partial charge in [-0.05, 0) is 39.0 Å².